The highest BCUT2D eigenvalue weighted by atomic mass is 16.4. The molecule has 1 saturated heterocycles. The van der Waals surface area contributed by atoms with Crippen molar-refractivity contribution in [2.75, 3.05) is 13.1 Å². The van der Waals surface area contributed by atoms with Gasteiger partial charge in [0.25, 0.3) is 5.91 Å². The lowest BCUT2D eigenvalue weighted by Gasteiger charge is -2.24. The molecule has 116 valence electrons. The maximum atomic E-state index is 12.3. The first-order valence-electron chi connectivity index (χ1n) is 6.88. The first-order chi connectivity index (χ1) is 9.72. The highest BCUT2D eigenvalue weighted by Gasteiger charge is 2.46. The van der Waals surface area contributed by atoms with E-state index in [0.717, 1.165) is 17.7 Å². The molecule has 1 saturated carbocycles. The third-order valence-electron chi connectivity index (χ3n) is 3.61. The Bertz CT molecular complexity index is 498. The van der Waals surface area contributed by atoms with Crippen molar-refractivity contribution in [3.05, 3.63) is 0 Å². The number of carboxylic acid groups (broad SMARTS) is 1. The molecule has 1 aliphatic heterocycles. The minimum absolute atomic E-state index is 0.0330. The number of imide groups is 1. The molecule has 0 aromatic rings. The number of nitrogens with zero attached hydrogens (tertiary/aromatic N) is 2. The predicted molar refractivity (Wildman–Crippen MR) is 71.3 cm³/mol. The lowest BCUT2D eigenvalue weighted by atomic mass is 10.1. The molecular formula is C13H19N3O5. The Hall–Kier alpha value is -2.12. The first-order valence-corrected chi connectivity index (χ1v) is 6.88. The van der Waals surface area contributed by atoms with Gasteiger partial charge in [-0.1, -0.05) is 0 Å². The summed E-state index contributed by atoms with van der Waals surface area (Å²) in [5, 5.41) is 11.2. The van der Waals surface area contributed by atoms with E-state index in [-0.39, 0.29) is 31.5 Å². The number of urea groups is 1. The van der Waals surface area contributed by atoms with Crippen molar-refractivity contribution < 1.29 is 24.3 Å². The summed E-state index contributed by atoms with van der Waals surface area (Å²) in [7, 11) is 0. The number of hydrogen-bond donors (Lipinski definition) is 2. The van der Waals surface area contributed by atoms with E-state index < -0.39 is 23.4 Å². The summed E-state index contributed by atoms with van der Waals surface area (Å²) in [6.07, 6.45) is 1.52. The van der Waals surface area contributed by atoms with E-state index in [1.807, 2.05) is 0 Å². The van der Waals surface area contributed by atoms with Gasteiger partial charge in [0.2, 0.25) is 5.91 Å². The van der Waals surface area contributed by atoms with Crippen LogP contribution in [0.2, 0.25) is 0 Å². The van der Waals surface area contributed by atoms with Gasteiger partial charge in [-0.25, -0.2) is 4.79 Å². The second-order valence-corrected chi connectivity index (χ2v) is 5.91. The Kier molecular flexibility index (Phi) is 3.89. The summed E-state index contributed by atoms with van der Waals surface area (Å²) in [5.74, 6) is -1.82. The van der Waals surface area contributed by atoms with Crippen LogP contribution in [0.1, 0.15) is 33.1 Å². The average Bonchev–Trinajstić information content (AvgIpc) is 3.15. The maximum absolute atomic E-state index is 12.3. The molecule has 21 heavy (non-hydrogen) atoms. The van der Waals surface area contributed by atoms with E-state index in [1.54, 1.807) is 13.8 Å². The zero-order valence-electron chi connectivity index (χ0n) is 12.1. The third-order valence-corrected chi connectivity index (χ3v) is 3.61. The fourth-order valence-corrected chi connectivity index (χ4v) is 2.30. The first kappa shape index (κ1) is 15.3. The fourth-order valence-electron chi connectivity index (χ4n) is 2.30. The summed E-state index contributed by atoms with van der Waals surface area (Å²) >= 11 is 0. The Morgan fingerprint density at radius 1 is 1.38 bits per heavy atom. The molecule has 0 spiro atoms. The molecule has 8 heteroatoms. The molecule has 0 radical (unpaired) electrons. The van der Waals surface area contributed by atoms with Crippen LogP contribution in [0.25, 0.3) is 0 Å². The Labute approximate surface area is 122 Å². The number of carbonyl (C=O) groups excluding carboxylic acids is 3. The van der Waals surface area contributed by atoms with E-state index in [2.05, 4.69) is 5.32 Å². The molecule has 0 atom stereocenters. The quantitative estimate of drug-likeness (QED) is 0.659. The zero-order valence-corrected chi connectivity index (χ0v) is 12.1. The van der Waals surface area contributed by atoms with Crippen molar-refractivity contribution in [3.63, 3.8) is 0 Å². The summed E-state index contributed by atoms with van der Waals surface area (Å²) in [5.41, 5.74) is -1.01. The van der Waals surface area contributed by atoms with Gasteiger partial charge in [-0.05, 0) is 26.7 Å². The lowest BCUT2D eigenvalue weighted by molar-refractivity contribution is -0.141. The minimum Gasteiger partial charge on any atom is -0.481 e. The molecule has 1 aliphatic carbocycles. The van der Waals surface area contributed by atoms with Gasteiger partial charge in [0, 0.05) is 12.6 Å². The Morgan fingerprint density at radius 2 is 2.00 bits per heavy atom. The van der Waals surface area contributed by atoms with Crippen molar-refractivity contribution in [1.29, 1.82) is 0 Å². The summed E-state index contributed by atoms with van der Waals surface area (Å²) in [4.78, 5) is 49.0. The number of carboxylic acids is 1. The molecule has 8 nitrogen and oxygen atoms in total. The third kappa shape index (κ3) is 3.32. The van der Waals surface area contributed by atoms with Crippen LogP contribution in [0, 0.1) is 0 Å². The number of nitrogens with one attached hydrogen (secondary N) is 1. The van der Waals surface area contributed by atoms with E-state index in [0.29, 0.717) is 0 Å². The van der Waals surface area contributed by atoms with Crippen LogP contribution < -0.4 is 5.32 Å². The second kappa shape index (κ2) is 5.34. The van der Waals surface area contributed by atoms with E-state index in [9.17, 15) is 19.2 Å². The number of rotatable bonds is 6. The van der Waals surface area contributed by atoms with Gasteiger partial charge in [0.15, 0.2) is 0 Å². The largest absolute Gasteiger partial charge is 0.481 e. The highest BCUT2D eigenvalue weighted by Crippen LogP contribution is 2.27. The van der Waals surface area contributed by atoms with Crippen molar-refractivity contribution in [1.82, 2.24) is 15.1 Å². The molecule has 0 unspecified atom stereocenters. The van der Waals surface area contributed by atoms with Crippen LogP contribution in [0.15, 0.2) is 0 Å². The number of aliphatic carboxylic acids is 1. The summed E-state index contributed by atoms with van der Waals surface area (Å²) in [6.45, 7) is 2.90. The van der Waals surface area contributed by atoms with Gasteiger partial charge in [-0.2, -0.15) is 0 Å². The fraction of sp³-hybridized carbons (Fsp3) is 0.692. The maximum Gasteiger partial charge on any atom is 0.325 e. The highest BCUT2D eigenvalue weighted by molar-refractivity contribution is 6.08. The lowest BCUT2D eigenvalue weighted by Crippen LogP contribution is -2.45. The van der Waals surface area contributed by atoms with Crippen molar-refractivity contribution in [2.24, 2.45) is 0 Å². The van der Waals surface area contributed by atoms with Crippen LogP contribution in [0.3, 0.4) is 0 Å². The van der Waals surface area contributed by atoms with E-state index in [4.69, 9.17) is 5.11 Å². The summed E-state index contributed by atoms with van der Waals surface area (Å²) in [6, 6.07) is -0.557. The van der Waals surface area contributed by atoms with Crippen LogP contribution in [-0.4, -0.2) is 63.4 Å². The standard InChI is InChI=1S/C13H19N3O5/c1-13(2)11(20)16(12(21)14-13)7-9(17)15(8-3-4-8)6-5-10(18)19/h8H,3-7H2,1-2H3,(H,14,21)(H,18,19). The zero-order chi connectivity index (χ0) is 15.8. The van der Waals surface area contributed by atoms with Crippen LogP contribution >= 0.6 is 0 Å². The summed E-state index contributed by atoms with van der Waals surface area (Å²) < 4.78 is 0. The van der Waals surface area contributed by atoms with E-state index >= 15 is 0 Å². The monoisotopic (exact) mass is 297 g/mol. The normalized spacial score (nSPS) is 20.4. The second-order valence-electron chi connectivity index (χ2n) is 5.91. The molecule has 0 aromatic carbocycles. The topological polar surface area (TPSA) is 107 Å². The number of hydrogen-bond acceptors (Lipinski definition) is 4. The van der Waals surface area contributed by atoms with Crippen LogP contribution in [0.5, 0.6) is 0 Å². The SMILES string of the molecule is CC1(C)NC(=O)N(CC(=O)N(CCC(=O)O)C2CC2)C1=O. The minimum atomic E-state index is -1.01. The number of amides is 4. The molecular weight excluding hydrogens is 278 g/mol. The van der Waals surface area contributed by atoms with Crippen LogP contribution in [-0.2, 0) is 14.4 Å². The van der Waals surface area contributed by atoms with Gasteiger partial charge in [0.05, 0.1) is 6.42 Å². The van der Waals surface area contributed by atoms with Crippen molar-refractivity contribution >= 4 is 23.8 Å². The molecule has 2 aliphatic rings. The predicted octanol–water partition coefficient (Wildman–Crippen LogP) is -0.217. The molecule has 4 amide bonds. The molecule has 1 heterocycles. The van der Waals surface area contributed by atoms with Crippen LogP contribution in [0.4, 0.5) is 4.79 Å². The van der Waals surface area contributed by atoms with Gasteiger partial charge in [-0.3, -0.25) is 19.3 Å². The molecule has 0 aromatic heterocycles. The van der Waals surface area contributed by atoms with Gasteiger partial charge < -0.3 is 15.3 Å². The van der Waals surface area contributed by atoms with Gasteiger partial charge in [0.1, 0.15) is 12.1 Å². The van der Waals surface area contributed by atoms with E-state index in [1.165, 1.54) is 4.90 Å². The van der Waals surface area contributed by atoms with Crippen molar-refractivity contribution in [3.8, 4) is 0 Å². The number of carbonyl (C=O) groups is 4. The van der Waals surface area contributed by atoms with Gasteiger partial charge in [-0.15, -0.1) is 0 Å². The molecule has 0 bridgehead atoms. The molecule has 2 fully saturated rings. The smallest absolute Gasteiger partial charge is 0.325 e. The average molecular weight is 297 g/mol. The molecule has 2 N–H and O–H groups in total. The van der Waals surface area contributed by atoms with Gasteiger partial charge >= 0.3 is 12.0 Å². The Morgan fingerprint density at radius 3 is 2.43 bits per heavy atom. The van der Waals surface area contributed by atoms with Crippen molar-refractivity contribution in [2.45, 2.75) is 44.7 Å². The molecule has 2 rings (SSSR count). The Balaban J connectivity index is 2.00.